The standard InChI is InChI=1S/C19H23ClN2O2/c1-14(2)11-12-24-18-9-7-17(8-10-18)22-19(23)13-21-16-5-3-15(20)4-6-16/h3-10,14,21H,11-13H2,1-2H3,(H,22,23). The Labute approximate surface area is 148 Å². The molecular weight excluding hydrogens is 324 g/mol. The predicted octanol–water partition coefficient (Wildman–Crippen LogP) is 4.82. The second-order valence-electron chi connectivity index (χ2n) is 5.96. The summed E-state index contributed by atoms with van der Waals surface area (Å²) < 4.78 is 5.66. The second-order valence-corrected chi connectivity index (χ2v) is 6.40. The molecular formula is C19H23ClN2O2. The van der Waals surface area contributed by atoms with E-state index in [-0.39, 0.29) is 12.5 Å². The minimum atomic E-state index is -0.113. The smallest absolute Gasteiger partial charge is 0.243 e. The number of amides is 1. The van der Waals surface area contributed by atoms with Crippen LogP contribution in [0.4, 0.5) is 11.4 Å². The lowest BCUT2D eigenvalue weighted by Gasteiger charge is -2.10. The zero-order chi connectivity index (χ0) is 17.4. The van der Waals surface area contributed by atoms with Gasteiger partial charge >= 0.3 is 0 Å². The molecule has 0 spiro atoms. The van der Waals surface area contributed by atoms with Crippen molar-refractivity contribution in [1.29, 1.82) is 0 Å². The van der Waals surface area contributed by atoms with E-state index in [1.54, 1.807) is 12.1 Å². The number of halogens is 1. The fourth-order valence-electron chi connectivity index (χ4n) is 2.00. The summed E-state index contributed by atoms with van der Waals surface area (Å²) in [7, 11) is 0. The van der Waals surface area contributed by atoms with E-state index >= 15 is 0 Å². The molecule has 0 aliphatic carbocycles. The van der Waals surface area contributed by atoms with E-state index in [4.69, 9.17) is 16.3 Å². The quantitative estimate of drug-likeness (QED) is 0.720. The lowest BCUT2D eigenvalue weighted by molar-refractivity contribution is -0.114. The van der Waals surface area contributed by atoms with Crippen LogP contribution in [0.2, 0.25) is 5.02 Å². The van der Waals surface area contributed by atoms with Crippen LogP contribution in [0.25, 0.3) is 0 Å². The largest absolute Gasteiger partial charge is 0.494 e. The van der Waals surface area contributed by atoms with Crippen LogP contribution in [-0.4, -0.2) is 19.1 Å². The minimum absolute atomic E-state index is 0.113. The third kappa shape index (κ3) is 6.50. The van der Waals surface area contributed by atoms with Gasteiger partial charge < -0.3 is 15.4 Å². The van der Waals surface area contributed by atoms with Crippen LogP contribution in [0.3, 0.4) is 0 Å². The molecule has 4 nitrogen and oxygen atoms in total. The summed E-state index contributed by atoms with van der Waals surface area (Å²) in [6.45, 7) is 5.22. The molecule has 5 heteroatoms. The Hall–Kier alpha value is -2.20. The van der Waals surface area contributed by atoms with Gasteiger partial charge in [0.05, 0.1) is 13.2 Å². The third-order valence-electron chi connectivity index (χ3n) is 3.40. The van der Waals surface area contributed by atoms with E-state index in [0.29, 0.717) is 17.5 Å². The molecule has 0 aromatic heterocycles. The number of hydrogen-bond acceptors (Lipinski definition) is 3. The predicted molar refractivity (Wildman–Crippen MR) is 100.0 cm³/mol. The highest BCUT2D eigenvalue weighted by Gasteiger charge is 2.03. The summed E-state index contributed by atoms with van der Waals surface area (Å²) in [5, 5.41) is 6.56. The van der Waals surface area contributed by atoms with Crippen molar-refractivity contribution in [2.24, 2.45) is 5.92 Å². The topological polar surface area (TPSA) is 50.4 Å². The zero-order valence-electron chi connectivity index (χ0n) is 14.0. The van der Waals surface area contributed by atoms with Gasteiger partial charge in [0.2, 0.25) is 5.91 Å². The van der Waals surface area contributed by atoms with Crippen LogP contribution in [0.15, 0.2) is 48.5 Å². The summed E-state index contributed by atoms with van der Waals surface area (Å²) in [4.78, 5) is 12.0. The number of carbonyl (C=O) groups excluding carboxylic acids is 1. The first-order valence-corrected chi connectivity index (χ1v) is 8.43. The molecule has 0 unspecified atom stereocenters. The Balaban J connectivity index is 1.76. The van der Waals surface area contributed by atoms with Crippen LogP contribution in [0, 0.1) is 5.92 Å². The molecule has 0 fully saturated rings. The molecule has 1 amide bonds. The lowest BCUT2D eigenvalue weighted by atomic mass is 10.1. The van der Waals surface area contributed by atoms with Crippen LogP contribution in [-0.2, 0) is 4.79 Å². The van der Waals surface area contributed by atoms with Crippen molar-refractivity contribution < 1.29 is 9.53 Å². The number of benzene rings is 2. The molecule has 0 aliphatic rings. The van der Waals surface area contributed by atoms with Crippen molar-refractivity contribution in [3.05, 3.63) is 53.6 Å². The molecule has 128 valence electrons. The third-order valence-corrected chi connectivity index (χ3v) is 3.65. The minimum Gasteiger partial charge on any atom is -0.494 e. The number of ether oxygens (including phenoxy) is 1. The van der Waals surface area contributed by atoms with Gasteiger partial charge in [-0.2, -0.15) is 0 Å². The van der Waals surface area contributed by atoms with Gasteiger partial charge in [-0.05, 0) is 60.9 Å². The molecule has 2 aromatic rings. The molecule has 2 rings (SSSR count). The summed E-state index contributed by atoms with van der Waals surface area (Å²) in [5.41, 5.74) is 1.59. The Morgan fingerprint density at radius 2 is 1.67 bits per heavy atom. The molecule has 24 heavy (non-hydrogen) atoms. The van der Waals surface area contributed by atoms with Crippen LogP contribution in [0.5, 0.6) is 5.75 Å². The summed E-state index contributed by atoms with van der Waals surface area (Å²) in [5.74, 6) is 1.32. The van der Waals surface area contributed by atoms with Crippen molar-refractivity contribution in [2.75, 3.05) is 23.8 Å². The Morgan fingerprint density at radius 3 is 2.29 bits per heavy atom. The van der Waals surface area contributed by atoms with Crippen molar-refractivity contribution in [3.63, 3.8) is 0 Å². The molecule has 0 saturated carbocycles. The van der Waals surface area contributed by atoms with Gasteiger partial charge in [-0.25, -0.2) is 0 Å². The molecule has 0 saturated heterocycles. The highest BCUT2D eigenvalue weighted by molar-refractivity contribution is 6.30. The average Bonchev–Trinajstić information content (AvgIpc) is 2.56. The van der Waals surface area contributed by atoms with Crippen molar-refractivity contribution in [3.8, 4) is 5.75 Å². The van der Waals surface area contributed by atoms with E-state index in [1.807, 2.05) is 36.4 Å². The molecule has 0 aliphatic heterocycles. The van der Waals surface area contributed by atoms with Crippen LogP contribution < -0.4 is 15.4 Å². The highest BCUT2D eigenvalue weighted by Crippen LogP contribution is 2.17. The molecule has 0 radical (unpaired) electrons. The maximum Gasteiger partial charge on any atom is 0.243 e. The maximum absolute atomic E-state index is 12.0. The van der Waals surface area contributed by atoms with E-state index < -0.39 is 0 Å². The van der Waals surface area contributed by atoms with Gasteiger partial charge in [0, 0.05) is 16.4 Å². The normalized spacial score (nSPS) is 10.5. The Morgan fingerprint density at radius 1 is 1.04 bits per heavy atom. The number of nitrogens with one attached hydrogen (secondary N) is 2. The average molecular weight is 347 g/mol. The first kappa shape index (κ1) is 18.1. The van der Waals surface area contributed by atoms with E-state index in [1.165, 1.54) is 0 Å². The molecule has 2 N–H and O–H groups in total. The van der Waals surface area contributed by atoms with E-state index in [2.05, 4.69) is 24.5 Å². The molecule has 0 atom stereocenters. The summed E-state index contributed by atoms with van der Waals surface area (Å²) in [6.07, 6.45) is 1.02. The fourth-order valence-corrected chi connectivity index (χ4v) is 2.13. The number of hydrogen-bond donors (Lipinski definition) is 2. The number of rotatable bonds is 8. The monoisotopic (exact) mass is 346 g/mol. The fraction of sp³-hybridized carbons (Fsp3) is 0.316. The molecule has 2 aromatic carbocycles. The van der Waals surface area contributed by atoms with Crippen molar-refractivity contribution >= 4 is 28.9 Å². The second kappa shape index (κ2) is 9.18. The van der Waals surface area contributed by atoms with E-state index in [9.17, 15) is 4.79 Å². The molecule has 0 bridgehead atoms. The van der Waals surface area contributed by atoms with Gasteiger partial charge in [-0.1, -0.05) is 25.4 Å². The van der Waals surface area contributed by atoms with Crippen LogP contribution >= 0.6 is 11.6 Å². The van der Waals surface area contributed by atoms with Crippen LogP contribution in [0.1, 0.15) is 20.3 Å². The number of carbonyl (C=O) groups is 1. The summed E-state index contributed by atoms with van der Waals surface area (Å²) in [6, 6.07) is 14.6. The van der Waals surface area contributed by atoms with Gasteiger partial charge in [0.1, 0.15) is 5.75 Å². The molecule has 0 heterocycles. The van der Waals surface area contributed by atoms with E-state index in [0.717, 1.165) is 23.5 Å². The SMILES string of the molecule is CC(C)CCOc1ccc(NC(=O)CNc2ccc(Cl)cc2)cc1. The van der Waals surface area contributed by atoms with Gasteiger partial charge in [0.15, 0.2) is 0 Å². The Bertz CT molecular complexity index is 639. The maximum atomic E-state index is 12.0. The van der Waals surface area contributed by atoms with Crippen molar-refractivity contribution in [1.82, 2.24) is 0 Å². The highest BCUT2D eigenvalue weighted by atomic mass is 35.5. The first-order chi connectivity index (χ1) is 11.5. The van der Waals surface area contributed by atoms with Gasteiger partial charge in [0.25, 0.3) is 0 Å². The Kier molecular flexibility index (Phi) is 6.94. The summed E-state index contributed by atoms with van der Waals surface area (Å²) >= 11 is 5.82. The number of anilines is 2. The van der Waals surface area contributed by atoms with Gasteiger partial charge in [-0.15, -0.1) is 0 Å². The first-order valence-electron chi connectivity index (χ1n) is 8.05. The van der Waals surface area contributed by atoms with Crippen molar-refractivity contribution in [2.45, 2.75) is 20.3 Å². The zero-order valence-corrected chi connectivity index (χ0v) is 14.8. The lowest BCUT2D eigenvalue weighted by Crippen LogP contribution is -2.21. The van der Waals surface area contributed by atoms with Gasteiger partial charge in [-0.3, -0.25) is 4.79 Å².